The van der Waals surface area contributed by atoms with E-state index in [1.54, 1.807) is 6.92 Å². The number of hydrogen-bond acceptors (Lipinski definition) is 0. The molecule has 0 aliphatic heterocycles. The largest absolute Gasteiger partial charge is 1.00 e. The van der Waals surface area contributed by atoms with Crippen LogP contribution >= 0.6 is 0 Å². The average molecular weight is 196 g/mol. The van der Waals surface area contributed by atoms with Crippen LogP contribution < -0.4 is 0 Å². The van der Waals surface area contributed by atoms with Gasteiger partial charge in [-0.25, -0.2) is 0 Å². The Balaban J connectivity index is 0. The van der Waals surface area contributed by atoms with E-state index in [4.69, 9.17) is 0 Å². The van der Waals surface area contributed by atoms with Crippen LogP contribution in [0, 0.1) is 6.92 Å². The van der Waals surface area contributed by atoms with Crippen LogP contribution in [0.3, 0.4) is 0 Å². The number of allylic oxidation sites excluding steroid dienone is 4. The first-order chi connectivity index (χ1) is 3.50. The van der Waals surface area contributed by atoms with Gasteiger partial charge in [-0.3, -0.25) is 0 Å². The Morgan fingerprint density at radius 3 is 1.62 bits per heavy atom. The molecule has 0 unspecified atom stereocenters. The van der Waals surface area contributed by atoms with Gasteiger partial charge in [-0.05, 0) is 6.42 Å². The molecule has 47 valence electrons. The van der Waals surface area contributed by atoms with Crippen molar-refractivity contribution in [2.75, 3.05) is 0 Å². The molecule has 0 aromatic carbocycles. The van der Waals surface area contributed by atoms with Gasteiger partial charge < -0.3 is 6.92 Å². The molecule has 0 fully saturated rings. The molecule has 1 rings (SSSR count). The predicted molar refractivity (Wildman–Crippen MR) is 33.9 cm³/mol. The molecule has 0 nitrogen and oxygen atoms in total. The molecule has 8 heavy (non-hydrogen) atoms. The summed E-state index contributed by atoms with van der Waals surface area (Å²) in [5.41, 5.74) is 0. The predicted octanol–water partition coefficient (Wildman–Crippen LogP) is 2.34. The molecule has 1 heteroatoms. The summed E-state index contributed by atoms with van der Waals surface area (Å²) in [6.07, 6.45) is 9.50. The minimum Gasteiger partial charge on any atom is -0.346 e. The van der Waals surface area contributed by atoms with Crippen LogP contribution in [-0.4, -0.2) is 0 Å². The van der Waals surface area contributed by atoms with Crippen molar-refractivity contribution in [2.45, 2.75) is 13.3 Å². The van der Waals surface area contributed by atoms with Crippen molar-refractivity contribution in [2.24, 2.45) is 0 Å². The molecule has 1 aliphatic carbocycles. The van der Waals surface area contributed by atoms with Crippen molar-refractivity contribution in [1.29, 1.82) is 0 Å². The van der Waals surface area contributed by atoms with Crippen LogP contribution in [0.25, 0.3) is 0 Å². The summed E-state index contributed by atoms with van der Waals surface area (Å²) in [6.45, 7) is 5.00. The van der Waals surface area contributed by atoms with Gasteiger partial charge in [0.1, 0.15) is 0 Å². The van der Waals surface area contributed by atoms with E-state index >= 15 is 0 Å². The van der Waals surface area contributed by atoms with Gasteiger partial charge in [-0.1, -0.05) is 24.3 Å². The van der Waals surface area contributed by atoms with E-state index in [-0.39, 0.29) is 19.5 Å². The number of rotatable bonds is 0. The Morgan fingerprint density at radius 2 is 1.50 bits per heavy atom. The van der Waals surface area contributed by atoms with Gasteiger partial charge >= 0.3 is 19.5 Å². The van der Waals surface area contributed by atoms with Crippen LogP contribution in [0.4, 0.5) is 0 Å². The second-order valence-corrected chi connectivity index (χ2v) is 1.09. The van der Waals surface area contributed by atoms with E-state index in [1.807, 2.05) is 0 Å². The fourth-order valence-corrected chi connectivity index (χ4v) is 0.393. The van der Waals surface area contributed by atoms with Crippen LogP contribution in [0.15, 0.2) is 24.3 Å². The molecular formula is C7H11Ru. The minimum absolute atomic E-state index is 0. The molecule has 0 aromatic rings. The first-order valence-electron chi connectivity index (χ1n) is 2.52. The minimum atomic E-state index is 0. The maximum atomic E-state index is 3.25. The first kappa shape index (κ1) is 11.0. The van der Waals surface area contributed by atoms with Crippen LogP contribution in [0.1, 0.15) is 13.3 Å². The summed E-state index contributed by atoms with van der Waals surface area (Å²) in [5, 5.41) is 0. The molecule has 0 aromatic heterocycles. The molecule has 0 spiro atoms. The molecule has 1 radical (unpaired) electrons. The van der Waals surface area contributed by atoms with Gasteiger partial charge in [-0.2, -0.15) is 6.92 Å². The molecule has 0 saturated heterocycles. The van der Waals surface area contributed by atoms with Gasteiger partial charge in [0.25, 0.3) is 0 Å². The van der Waals surface area contributed by atoms with Gasteiger partial charge in [-0.15, -0.1) is 0 Å². The van der Waals surface area contributed by atoms with Gasteiger partial charge in [0.15, 0.2) is 0 Å². The van der Waals surface area contributed by atoms with Crippen molar-refractivity contribution in [3.63, 3.8) is 0 Å². The molecule has 0 heterocycles. The number of hydrogen-bond donors (Lipinski definition) is 0. The molecule has 0 amide bonds. The average Bonchev–Trinajstić information content (AvgIpc) is 2.23. The smallest absolute Gasteiger partial charge is 0.346 e. The van der Waals surface area contributed by atoms with E-state index < -0.39 is 0 Å². The molecule has 0 atom stereocenters. The zero-order valence-corrected chi connectivity index (χ0v) is 6.82. The third-order valence-corrected chi connectivity index (χ3v) is 0.655. The molecule has 0 N–H and O–H groups in total. The Labute approximate surface area is 64.4 Å². The van der Waals surface area contributed by atoms with Gasteiger partial charge in [0.2, 0.25) is 0 Å². The van der Waals surface area contributed by atoms with E-state index in [9.17, 15) is 0 Å². The van der Waals surface area contributed by atoms with E-state index in [2.05, 4.69) is 31.2 Å². The van der Waals surface area contributed by atoms with E-state index in [1.165, 1.54) is 0 Å². The summed E-state index contributed by atoms with van der Waals surface area (Å²) >= 11 is 0. The summed E-state index contributed by atoms with van der Waals surface area (Å²) in [4.78, 5) is 0. The van der Waals surface area contributed by atoms with Crippen LogP contribution in [0.2, 0.25) is 0 Å². The molecule has 0 saturated carbocycles. The fourth-order valence-electron chi connectivity index (χ4n) is 0.393. The standard InChI is InChI=1S/C5H6.C2H5.Ru/c1-2-4-5-3-1;1-2;/h1-4H,5H2;1H2,2H3;/q;-1;+1. The van der Waals surface area contributed by atoms with Crippen molar-refractivity contribution < 1.29 is 19.5 Å². The second-order valence-electron chi connectivity index (χ2n) is 1.09. The Morgan fingerprint density at radius 1 is 1.12 bits per heavy atom. The first-order valence-corrected chi connectivity index (χ1v) is 2.52. The van der Waals surface area contributed by atoms with Gasteiger partial charge in [0, 0.05) is 0 Å². The van der Waals surface area contributed by atoms with Gasteiger partial charge in [0.05, 0.1) is 0 Å². The Bertz CT molecular complexity index is 62.5. The van der Waals surface area contributed by atoms with Crippen molar-refractivity contribution in [1.82, 2.24) is 0 Å². The molecule has 1 aliphatic rings. The maximum absolute atomic E-state index is 3.25. The topological polar surface area (TPSA) is 0 Å². The van der Waals surface area contributed by atoms with Crippen molar-refractivity contribution in [3.8, 4) is 0 Å². The normalized spacial score (nSPS) is 11.8. The fraction of sp³-hybridized carbons (Fsp3) is 0.286. The maximum Gasteiger partial charge on any atom is 1.00 e. The molecule has 0 bridgehead atoms. The summed E-state index contributed by atoms with van der Waals surface area (Å²) in [6, 6.07) is 0. The third-order valence-electron chi connectivity index (χ3n) is 0.655. The zero-order valence-electron chi connectivity index (χ0n) is 5.08. The molecular weight excluding hydrogens is 185 g/mol. The second kappa shape index (κ2) is 10.2. The van der Waals surface area contributed by atoms with E-state index in [0.717, 1.165) is 6.42 Å². The van der Waals surface area contributed by atoms with Crippen LogP contribution in [0.5, 0.6) is 0 Å². The van der Waals surface area contributed by atoms with Crippen molar-refractivity contribution >= 4 is 0 Å². The summed E-state index contributed by atoms with van der Waals surface area (Å²) < 4.78 is 0. The monoisotopic (exact) mass is 197 g/mol. The zero-order chi connectivity index (χ0) is 5.54. The Hall–Kier alpha value is 0.103. The van der Waals surface area contributed by atoms with E-state index in [0.29, 0.717) is 0 Å². The summed E-state index contributed by atoms with van der Waals surface area (Å²) in [7, 11) is 0. The third kappa shape index (κ3) is 6.10. The Kier molecular flexibility index (Phi) is 13.9. The van der Waals surface area contributed by atoms with Crippen molar-refractivity contribution in [3.05, 3.63) is 31.2 Å². The quantitative estimate of drug-likeness (QED) is 0.412. The summed E-state index contributed by atoms with van der Waals surface area (Å²) in [5.74, 6) is 0. The van der Waals surface area contributed by atoms with Crippen LogP contribution in [-0.2, 0) is 19.5 Å². The SMILES string of the molecule is C1=CCC=C1.[CH2-]C.[Ru+].